The highest BCUT2D eigenvalue weighted by molar-refractivity contribution is 5.75. The van der Waals surface area contributed by atoms with Gasteiger partial charge in [0.1, 0.15) is 0 Å². The molecule has 0 aliphatic carbocycles. The van der Waals surface area contributed by atoms with E-state index in [0.29, 0.717) is 12.3 Å². The summed E-state index contributed by atoms with van der Waals surface area (Å²) in [6.45, 7) is 5.74. The van der Waals surface area contributed by atoms with E-state index in [0.717, 1.165) is 19.5 Å². The summed E-state index contributed by atoms with van der Waals surface area (Å²) in [6, 6.07) is 0. The summed E-state index contributed by atoms with van der Waals surface area (Å²) in [4.78, 5) is 11.4. The fraction of sp³-hybridized carbons (Fsp3) is 0.909. The highest BCUT2D eigenvalue weighted by Crippen LogP contribution is 1.99. The summed E-state index contributed by atoms with van der Waals surface area (Å²) in [5.41, 5.74) is 0. The molecule has 2 unspecified atom stereocenters. The first kappa shape index (κ1) is 14.4. The Bertz CT molecular complexity index is 174. The summed E-state index contributed by atoms with van der Waals surface area (Å²) in [6.07, 6.45) is 1.48. The standard InChI is InChI=1S/C11H24N2O2/c1-9(7-12-3)8-13-11(14)6-5-10(2)15-4/h9-10,12H,5-8H2,1-4H3,(H,13,14). The van der Waals surface area contributed by atoms with E-state index in [-0.39, 0.29) is 12.0 Å². The highest BCUT2D eigenvalue weighted by Gasteiger charge is 2.07. The lowest BCUT2D eigenvalue weighted by molar-refractivity contribution is -0.121. The van der Waals surface area contributed by atoms with Crippen LogP contribution in [-0.2, 0) is 9.53 Å². The van der Waals surface area contributed by atoms with E-state index in [1.54, 1.807) is 7.11 Å². The molecule has 1 amide bonds. The molecule has 2 N–H and O–H groups in total. The van der Waals surface area contributed by atoms with E-state index in [9.17, 15) is 4.79 Å². The van der Waals surface area contributed by atoms with E-state index in [4.69, 9.17) is 4.74 Å². The predicted octanol–water partition coefficient (Wildman–Crippen LogP) is 0.773. The van der Waals surface area contributed by atoms with Crippen LogP contribution < -0.4 is 10.6 Å². The van der Waals surface area contributed by atoms with Gasteiger partial charge in [0, 0.05) is 20.1 Å². The van der Waals surface area contributed by atoms with Crippen LogP contribution in [-0.4, -0.2) is 39.3 Å². The molecule has 0 aromatic heterocycles. The predicted molar refractivity (Wildman–Crippen MR) is 61.8 cm³/mol. The largest absolute Gasteiger partial charge is 0.382 e. The van der Waals surface area contributed by atoms with Gasteiger partial charge in [0.15, 0.2) is 0 Å². The van der Waals surface area contributed by atoms with E-state index in [1.165, 1.54) is 0 Å². The molecule has 0 aliphatic rings. The Morgan fingerprint density at radius 2 is 2.00 bits per heavy atom. The van der Waals surface area contributed by atoms with Crippen molar-refractivity contribution in [1.82, 2.24) is 10.6 Å². The number of methoxy groups -OCH3 is 1. The summed E-state index contributed by atoms with van der Waals surface area (Å²) >= 11 is 0. The third-order valence-electron chi connectivity index (χ3n) is 2.38. The summed E-state index contributed by atoms with van der Waals surface area (Å²) in [5.74, 6) is 0.584. The Hall–Kier alpha value is -0.610. The molecule has 0 radical (unpaired) electrons. The summed E-state index contributed by atoms with van der Waals surface area (Å²) < 4.78 is 5.07. The van der Waals surface area contributed by atoms with Crippen molar-refractivity contribution in [2.24, 2.45) is 5.92 Å². The molecular formula is C11H24N2O2. The number of hydrogen-bond acceptors (Lipinski definition) is 3. The van der Waals surface area contributed by atoms with Crippen LogP contribution in [0.15, 0.2) is 0 Å². The molecule has 0 saturated carbocycles. The van der Waals surface area contributed by atoms with Crippen molar-refractivity contribution >= 4 is 5.91 Å². The quantitative estimate of drug-likeness (QED) is 0.630. The van der Waals surface area contributed by atoms with Crippen LogP contribution in [0, 0.1) is 5.92 Å². The van der Waals surface area contributed by atoms with Gasteiger partial charge in [-0.25, -0.2) is 0 Å². The normalized spacial score (nSPS) is 14.7. The van der Waals surface area contributed by atoms with Gasteiger partial charge < -0.3 is 15.4 Å². The van der Waals surface area contributed by atoms with Gasteiger partial charge in [-0.15, -0.1) is 0 Å². The number of carbonyl (C=O) groups is 1. The number of ether oxygens (including phenoxy) is 1. The van der Waals surface area contributed by atoms with E-state index >= 15 is 0 Å². The molecule has 0 fully saturated rings. The van der Waals surface area contributed by atoms with Crippen LogP contribution in [0.4, 0.5) is 0 Å². The second-order valence-electron chi connectivity index (χ2n) is 4.05. The SMILES string of the molecule is CNCC(C)CNC(=O)CCC(C)OC. The van der Waals surface area contributed by atoms with Crippen molar-refractivity contribution in [3.63, 3.8) is 0 Å². The minimum absolute atomic E-state index is 0.113. The van der Waals surface area contributed by atoms with Crippen LogP contribution in [0.25, 0.3) is 0 Å². The lowest BCUT2D eigenvalue weighted by atomic mass is 10.1. The van der Waals surface area contributed by atoms with Crippen LogP contribution >= 0.6 is 0 Å². The van der Waals surface area contributed by atoms with E-state index in [1.807, 2.05) is 14.0 Å². The number of nitrogens with one attached hydrogen (secondary N) is 2. The first-order valence-corrected chi connectivity index (χ1v) is 5.54. The molecule has 0 spiro atoms. The van der Waals surface area contributed by atoms with Crippen LogP contribution in [0.5, 0.6) is 0 Å². The van der Waals surface area contributed by atoms with Crippen molar-refractivity contribution in [2.75, 3.05) is 27.2 Å². The zero-order chi connectivity index (χ0) is 11.7. The molecule has 4 heteroatoms. The maximum absolute atomic E-state index is 11.4. The maximum Gasteiger partial charge on any atom is 0.220 e. The van der Waals surface area contributed by atoms with Gasteiger partial charge in [-0.05, 0) is 32.9 Å². The Morgan fingerprint density at radius 3 is 2.53 bits per heavy atom. The van der Waals surface area contributed by atoms with Crippen molar-refractivity contribution in [2.45, 2.75) is 32.8 Å². The van der Waals surface area contributed by atoms with Crippen molar-refractivity contribution in [3.05, 3.63) is 0 Å². The molecule has 0 saturated heterocycles. The minimum atomic E-state index is 0.113. The molecule has 15 heavy (non-hydrogen) atoms. The Labute approximate surface area is 92.8 Å². The Balaban J connectivity index is 3.48. The lowest BCUT2D eigenvalue weighted by Crippen LogP contribution is -2.32. The van der Waals surface area contributed by atoms with Gasteiger partial charge in [0.05, 0.1) is 6.10 Å². The Kier molecular flexibility index (Phi) is 8.33. The number of carbonyl (C=O) groups excluding carboxylic acids is 1. The molecule has 90 valence electrons. The Morgan fingerprint density at radius 1 is 1.33 bits per heavy atom. The van der Waals surface area contributed by atoms with Gasteiger partial charge >= 0.3 is 0 Å². The van der Waals surface area contributed by atoms with Gasteiger partial charge in [-0.2, -0.15) is 0 Å². The second-order valence-corrected chi connectivity index (χ2v) is 4.05. The van der Waals surface area contributed by atoms with Crippen LogP contribution in [0.1, 0.15) is 26.7 Å². The molecule has 2 atom stereocenters. The molecule has 0 rings (SSSR count). The summed E-state index contributed by atoms with van der Waals surface area (Å²) in [5, 5.41) is 5.99. The third kappa shape index (κ3) is 8.39. The van der Waals surface area contributed by atoms with Crippen molar-refractivity contribution in [3.8, 4) is 0 Å². The third-order valence-corrected chi connectivity index (χ3v) is 2.38. The van der Waals surface area contributed by atoms with E-state index in [2.05, 4.69) is 17.6 Å². The first-order chi connectivity index (χ1) is 7.10. The molecule has 0 aromatic rings. The molecular weight excluding hydrogens is 192 g/mol. The molecule has 0 aromatic carbocycles. The number of amides is 1. The van der Waals surface area contributed by atoms with Gasteiger partial charge in [0.2, 0.25) is 5.91 Å². The highest BCUT2D eigenvalue weighted by atomic mass is 16.5. The topological polar surface area (TPSA) is 50.4 Å². The fourth-order valence-electron chi connectivity index (χ4n) is 1.25. The smallest absolute Gasteiger partial charge is 0.220 e. The fourth-order valence-corrected chi connectivity index (χ4v) is 1.25. The molecule has 0 aliphatic heterocycles. The van der Waals surface area contributed by atoms with E-state index < -0.39 is 0 Å². The van der Waals surface area contributed by atoms with Gasteiger partial charge in [0.25, 0.3) is 0 Å². The molecule has 0 heterocycles. The minimum Gasteiger partial charge on any atom is -0.382 e. The number of hydrogen-bond donors (Lipinski definition) is 2. The number of rotatable bonds is 8. The molecule has 4 nitrogen and oxygen atoms in total. The first-order valence-electron chi connectivity index (χ1n) is 5.54. The lowest BCUT2D eigenvalue weighted by Gasteiger charge is -2.13. The zero-order valence-corrected chi connectivity index (χ0v) is 10.3. The van der Waals surface area contributed by atoms with Crippen molar-refractivity contribution < 1.29 is 9.53 Å². The maximum atomic E-state index is 11.4. The van der Waals surface area contributed by atoms with Crippen LogP contribution in [0.3, 0.4) is 0 Å². The van der Waals surface area contributed by atoms with Crippen LogP contribution in [0.2, 0.25) is 0 Å². The average molecular weight is 216 g/mol. The monoisotopic (exact) mass is 216 g/mol. The van der Waals surface area contributed by atoms with Crippen molar-refractivity contribution in [1.29, 1.82) is 0 Å². The average Bonchev–Trinajstić information content (AvgIpc) is 2.23. The molecule has 0 bridgehead atoms. The van der Waals surface area contributed by atoms with Gasteiger partial charge in [-0.3, -0.25) is 4.79 Å². The zero-order valence-electron chi connectivity index (χ0n) is 10.3. The summed E-state index contributed by atoms with van der Waals surface area (Å²) in [7, 11) is 3.58. The van der Waals surface area contributed by atoms with Gasteiger partial charge in [-0.1, -0.05) is 6.92 Å². The second kappa shape index (κ2) is 8.68.